The van der Waals surface area contributed by atoms with Crippen LogP contribution >= 0.6 is 0 Å². The molecule has 1 rings (SSSR count). The van der Waals surface area contributed by atoms with Crippen molar-refractivity contribution < 1.29 is 4.79 Å². The van der Waals surface area contributed by atoms with Crippen molar-refractivity contribution in [3.05, 3.63) is 12.2 Å². The molecule has 2 amide bonds. The molecule has 60 valence electrons. The van der Waals surface area contributed by atoms with Crippen LogP contribution in [0.4, 0.5) is 4.79 Å². The van der Waals surface area contributed by atoms with Crippen molar-refractivity contribution in [3.63, 3.8) is 0 Å². The van der Waals surface area contributed by atoms with Crippen molar-refractivity contribution in [3.8, 4) is 0 Å². The topological polar surface area (TPSA) is 85.8 Å². The molecular formula is C5H9N5O. The number of primary amides is 1. The average molecular weight is 155 g/mol. The van der Waals surface area contributed by atoms with E-state index in [0.29, 0.717) is 12.4 Å². The monoisotopic (exact) mass is 155 g/mol. The van der Waals surface area contributed by atoms with Crippen LogP contribution in [-0.4, -0.2) is 20.8 Å². The minimum atomic E-state index is -0.562. The number of carbonyl (C=O) groups excluding carboxylic acids is 1. The molecule has 0 aliphatic carbocycles. The van der Waals surface area contributed by atoms with Gasteiger partial charge in [0.2, 0.25) is 0 Å². The zero-order valence-electron chi connectivity index (χ0n) is 6.11. The van der Waals surface area contributed by atoms with Gasteiger partial charge in [0.25, 0.3) is 0 Å². The summed E-state index contributed by atoms with van der Waals surface area (Å²) in [6.07, 6.45) is 1.55. The molecule has 0 aromatic carbocycles. The third-order valence-corrected chi connectivity index (χ3v) is 1.23. The summed E-state index contributed by atoms with van der Waals surface area (Å²) in [6.45, 7) is 0.311. The lowest BCUT2D eigenvalue weighted by Crippen LogP contribution is -2.29. The summed E-state index contributed by atoms with van der Waals surface area (Å²) in [5.41, 5.74) is 4.85. The number of rotatable bonds is 2. The highest BCUT2D eigenvalue weighted by atomic mass is 16.2. The van der Waals surface area contributed by atoms with E-state index in [0.717, 1.165) is 0 Å². The number of nitrogens with one attached hydrogen (secondary N) is 1. The molecule has 0 spiro atoms. The summed E-state index contributed by atoms with van der Waals surface area (Å²) in [6, 6.07) is -0.562. The third kappa shape index (κ3) is 1.92. The van der Waals surface area contributed by atoms with E-state index < -0.39 is 6.03 Å². The summed E-state index contributed by atoms with van der Waals surface area (Å²) in [5, 5.41) is 9.76. The van der Waals surface area contributed by atoms with E-state index in [-0.39, 0.29) is 0 Å². The van der Waals surface area contributed by atoms with Gasteiger partial charge in [-0.05, 0) is 0 Å². The molecule has 0 saturated heterocycles. The van der Waals surface area contributed by atoms with E-state index >= 15 is 0 Å². The SMILES string of the molecule is Cn1cnnc1CNC(N)=O. The largest absolute Gasteiger partial charge is 0.352 e. The second-order valence-corrected chi connectivity index (χ2v) is 2.08. The highest BCUT2D eigenvalue weighted by Crippen LogP contribution is 1.88. The van der Waals surface area contributed by atoms with Crippen LogP contribution < -0.4 is 11.1 Å². The number of nitrogens with two attached hydrogens (primary N) is 1. The Morgan fingerprint density at radius 2 is 2.64 bits per heavy atom. The van der Waals surface area contributed by atoms with Gasteiger partial charge in [0.05, 0.1) is 6.54 Å². The van der Waals surface area contributed by atoms with Gasteiger partial charge >= 0.3 is 6.03 Å². The van der Waals surface area contributed by atoms with Crippen LogP contribution in [0.25, 0.3) is 0 Å². The molecule has 11 heavy (non-hydrogen) atoms. The van der Waals surface area contributed by atoms with Crippen LogP contribution in [0, 0.1) is 0 Å². The van der Waals surface area contributed by atoms with Crippen LogP contribution in [0.5, 0.6) is 0 Å². The molecule has 0 unspecified atom stereocenters. The Hall–Kier alpha value is -1.59. The fourth-order valence-electron chi connectivity index (χ4n) is 0.633. The molecule has 6 heteroatoms. The average Bonchev–Trinajstić information content (AvgIpc) is 2.31. The Labute approximate surface area is 63.4 Å². The predicted octanol–water partition coefficient (Wildman–Crippen LogP) is -1.02. The number of carbonyl (C=O) groups is 1. The van der Waals surface area contributed by atoms with Crippen molar-refractivity contribution in [2.24, 2.45) is 12.8 Å². The van der Waals surface area contributed by atoms with Gasteiger partial charge in [-0.15, -0.1) is 10.2 Å². The fraction of sp³-hybridized carbons (Fsp3) is 0.400. The standard InChI is InChI=1S/C5H9N5O/c1-10-3-8-9-4(10)2-7-5(6)11/h3H,2H2,1H3,(H3,6,7,11). The summed E-state index contributed by atoms with van der Waals surface area (Å²) in [7, 11) is 1.79. The molecule has 3 N–H and O–H groups in total. The lowest BCUT2D eigenvalue weighted by molar-refractivity contribution is 0.248. The minimum Gasteiger partial charge on any atom is -0.352 e. The number of hydrogen-bond acceptors (Lipinski definition) is 3. The Morgan fingerprint density at radius 1 is 1.91 bits per heavy atom. The quantitative estimate of drug-likeness (QED) is 0.573. The van der Waals surface area contributed by atoms with Crippen molar-refractivity contribution in [1.29, 1.82) is 0 Å². The Balaban J connectivity index is 2.51. The molecule has 6 nitrogen and oxygen atoms in total. The summed E-state index contributed by atoms with van der Waals surface area (Å²) in [4.78, 5) is 10.3. The molecular weight excluding hydrogens is 146 g/mol. The molecule has 0 aliphatic rings. The van der Waals surface area contributed by atoms with Crippen LogP contribution in [0.15, 0.2) is 6.33 Å². The zero-order chi connectivity index (χ0) is 8.27. The number of amides is 2. The molecule has 0 radical (unpaired) electrons. The van der Waals surface area contributed by atoms with E-state index in [1.54, 1.807) is 17.9 Å². The van der Waals surface area contributed by atoms with E-state index in [9.17, 15) is 4.79 Å². The van der Waals surface area contributed by atoms with E-state index in [1.807, 2.05) is 0 Å². The zero-order valence-corrected chi connectivity index (χ0v) is 6.11. The molecule has 1 heterocycles. The van der Waals surface area contributed by atoms with Gasteiger partial charge < -0.3 is 15.6 Å². The number of nitrogens with zero attached hydrogens (tertiary/aromatic N) is 3. The smallest absolute Gasteiger partial charge is 0.312 e. The fourth-order valence-corrected chi connectivity index (χ4v) is 0.633. The summed E-state index contributed by atoms with van der Waals surface area (Å²) >= 11 is 0. The molecule has 0 fully saturated rings. The lowest BCUT2D eigenvalue weighted by Gasteiger charge is -1.99. The molecule has 1 aromatic rings. The normalized spacial score (nSPS) is 9.55. The maximum Gasteiger partial charge on any atom is 0.312 e. The first-order valence-electron chi connectivity index (χ1n) is 3.06. The maximum absolute atomic E-state index is 10.3. The van der Waals surface area contributed by atoms with Gasteiger partial charge in [-0.25, -0.2) is 4.79 Å². The summed E-state index contributed by atoms with van der Waals surface area (Å²) < 4.78 is 1.70. The maximum atomic E-state index is 10.3. The van der Waals surface area contributed by atoms with Gasteiger partial charge in [0, 0.05) is 7.05 Å². The Morgan fingerprint density at radius 3 is 3.09 bits per heavy atom. The second-order valence-electron chi connectivity index (χ2n) is 2.08. The first kappa shape index (κ1) is 7.52. The van der Waals surface area contributed by atoms with E-state index in [4.69, 9.17) is 5.73 Å². The second kappa shape index (κ2) is 3.00. The van der Waals surface area contributed by atoms with Gasteiger partial charge in [0.15, 0.2) is 5.82 Å². The van der Waals surface area contributed by atoms with E-state index in [1.165, 1.54) is 0 Å². The molecule has 0 aliphatic heterocycles. The lowest BCUT2D eigenvalue weighted by atomic mass is 10.6. The molecule has 1 aromatic heterocycles. The van der Waals surface area contributed by atoms with Crippen molar-refractivity contribution in [2.75, 3.05) is 0 Å². The van der Waals surface area contributed by atoms with Gasteiger partial charge in [-0.3, -0.25) is 0 Å². The van der Waals surface area contributed by atoms with Gasteiger partial charge in [-0.2, -0.15) is 0 Å². The number of aromatic nitrogens is 3. The van der Waals surface area contributed by atoms with Crippen molar-refractivity contribution in [2.45, 2.75) is 6.54 Å². The Kier molecular flexibility index (Phi) is 2.05. The summed E-state index contributed by atoms with van der Waals surface area (Å²) in [5.74, 6) is 0.670. The highest BCUT2D eigenvalue weighted by Gasteiger charge is 1.99. The first-order chi connectivity index (χ1) is 5.20. The Bertz CT molecular complexity index is 255. The minimum absolute atomic E-state index is 0.311. The molecule has 0 bridgehead atoms. The predicted molar refractivity (Wildman–Crippen MR) is 37.4 cm³/mol. The van der Waals surface area contributed by atoms with Crippen LogP contribution in [0.1, 0.15) is 5.82 Å². The first-order valence-corrected chi connectivity index (χ1v) is 3.06. The van der Waals surface area contributed by atoms with E-state index in [2.05, 4.69) is 15.5 Å². The van der Waals surface area contributed by atoms with Crippen LogP contribution in [0.2, 0.25) is 0 Å². The van der Waals surface area contributed by atoms with Crippen LogP contribution in [0.3, 0.4) is 0 Å². The van der Waals surface area contributed by atoms with Crippen molar-refractivity contribution in [1.82, 2.24) is 20.1 Å². The number of hydrogen-bond donors (Lipinski definition) is 2. The van der Waals surface area contributed by atoms with Crippen molar-refractivity contribution >= 4 is 6.03 Å². The molecule has 0 saturated carbocycles. The van der Waals surface area contributed by atoms with Gasteiger partial charge in [0.1, 0.15) is 6.33 Å². The third-order valence-electron chi connectivity index (χ3n) is 1.23. The number of aryl methyl sites for hydroxylation is 1. The van der Waals surface area contributed by atoms with Gasteiger partial charge in [-0.1, -0.05) is 0 Å². The van der Waals surface area contributed by atoms with Crippen LogP contribution in [-0.2, 0) is 13.6 Å². The molecule has 0 atom stereocenters. The number of urea groups is 1. The highest BCUT2D eigenvalue weighted by molar-refractivity contribution is 5.71.